The molecular weight excluding hydrogens is 419 g/mol. The number of nitrogens with one attached hydrogen (secondary N) is 1. The van der Waals surface area contributed by atoms with Gasteiger partial charge < -0.3 is 24.8 Å². The fourth-order valence-corrected chi connectivity index (χ4v) is 5.07. The van der Waals surface area contributed by atoms with Crippen LogP contribution >= 0.6 is 0 Å². The second-order valence-electron chi connectivity index (χ2n) is 9.38. The zero-order valence-electron chi connectivity index (χ0n) is 18.0. The van der Waals surface area contributed by atoms with Gasteiger partial charge in [0.2, 0.25) is 5.91 Å². The van der Waals surface area contributed by atoms with E-state index in [2.05, 4.69) is 0 Å². The molecule has 0 spiro atoms. The van der Waals surface area contributed by atoms with E-state index in [9.17, 15) is 19.6 Å². The summed E-state index contributed by atoms with van der Waals surface area (Å²) in [6.45, 7) is 4.00. The van der Waals surface area contributed by atoms with E-state index < -0.39 is 29.0 Å². The largest absolute Gasteiger partial charge is 0.627 e. The number of rotatable bonds is 5. The Morgan fingerprint density at radius 3 is 2.44 bits per heavy atom. The van der Waals surface area contributed by atoms with Gasteiger partial charge in [-0.1, -0.05) is 0 Å². The molecule has 3 saturated heterocycles. The number of nitrogens with zero attached hydrogens (tertiary/aromatic N) is 3. The van der Waals surface area contributed by atoms with Crippen LogP contribution in [0.1, 0.15) is 19.8 Å². The number of benzene rings is 1. The quantitative estimate of drug-likeness (QED) is 0.657. The summed E-state index contributed by atoms with van der Waals surface area (Å²) in [5.41, 5.74) is 0.841. The molecule has 5 rings (SSSR count). The topological polar surface area (TPSA) is 97.7 Å². The number of likely N-dealkylation sites (tertiary alicyclic amines) is 1. The molecule has 1 unspecified atom stereocenters. The van der Waals surface area contributed by atoms with Crippen LogP contribution < -0.4 is 14.9 Å². The summed E-state index contributed by atoms with van der Waals surface area (Å²) < 4.78 is 20.2. The zero-order chi connectivity index (χ0) is 22.6. The molecule has 3 heterocycles. The van der Waals surface area contributed by atoms with Crippen LogP contribution in [0.3, 0.4) is 0 Å². The van der Waals surface area contributed by atoms with Gasteiger partial charge in [-0.3, -0.25) is 9.69 Å². The van der Waals surface area contributed by atoms with Gasteiger partial charge in [-0.15, -0.1) is 0 Å². The first-order valence-corrected chi connectivity index (χ1v) is 11.2. The van der Waals surface area contributed by atoms with Gasteiger partial charge in [-0.05, 0) is 31.0 Å². The second-order valence-corrected chi connectivity index (χ2v) is 9.38. The number of hydrogen-bond donors (Lipinski definition) is 1. The van der Waals surface area contributed by atoms with Crippen molar-refractivity contribution in [1.82, 2.24) is 4.90 Å². The maximum Gasteiger partial charge on any atom is 0.414 e. The van der Waals surface area contributed by atoms with Gasteiger partial charge in [-0.25, -0.2) is 14.0 Å². The van der Waals surface area contributed by atoms with Crippen LogP contribution in [-0.4, -0.2) is 68.2 Å². The van der Waals surface area contributed by atoms with Crippen molar-refractivity contribution < 1.29 is 28.6 Å². The predicted molar refractivity (Wildman–Crippen MR) is 112 cm³/mol. The number of halogens is 1. The van der Waals surface area contributed by atoms with E-state index in [1.807, 2.05) is 9.80 Å². The third-order valence-electron chi connectivity index (χ3n) is 6.99. The van der Waals surface area contributed by atoms with Crippen LogP contribution in [0.15, 0.2) is 18.2 Å². The number of hydrogen-bond acceptors (Lipinski definition) is 6. The summed E-state index contributed by atoms with van der Waals surface area (Å²) in [4.78, 5) is 41.0. The lowest BCUT2D eigenvalue weighted by molar-refractivity contribution is -0.768. The van der Waals surface area contributed by atoms with Gasteiger partial charge in [0.25, 0.3) is 0 Å². The second kappa shape index (κ2) is 8.00. The number of cyclic esters (lactones) is 1. The Bertz CT molecular complexity index is 940. The molecule has 4 aliphatic rings. The van der Waals surface area contributed by atoms with Crippen LogP contribution in [0.2, 0.25) is 0 Å². The van der Waals surface area contributed by atoms with Crippen molar-refractivity contribution in [3.63, 3.8) is 0 Å². The number of carbonyl (C=O) groups excluding carboxylic acids is 3. The number of carbonyl (C=O) groups is 3. The average Bonchev–Trinajstić information content (AvgIpc) is 3.26. The summed E-state index contributed by atoms with van der Waals surface area (Å²) in [6, 6.07) is 4.65. The average molecular weight is 446 g/mol. The Labute approximate surface area is 185 Å². The molecule has 172 valence electrons. The highest BCUT2D eigenvalue weighted by Crippen LogP contribution is 2.39. The molecule has 1 N–H and O–H groups in total. The van der Waals surface area contributed by atoms with Crippen LogP contribution in [-0.2, 0) is 14.3 Å². The Morgan fingerprint density at radius 2 is 1.84 bits per heavy atom. The highest BCUT2D eigenvalue weighted by atomic mass is 19.1. The maximum absolute atomic E-state index is 15.0. The molecule has 0 radical (unpaired) electrons. The van der Waals surface area contributed by atoms with E-state index >= 15 is 4.39 Å². The Hall–Kier alpha value is -2.72. The number of amides is 3. The molecule has 1 aromatic rings. The lowest BCUT2D eigenvalue weighted by Gasteiger charge is -2.24. The summed E-state index contributed by atoms with van der Waals surface area (Å²) >= 11 is 0. The van der Waals surface area contributed by atoms with Crippen LogP contribution in [0.4, 0.5) is 20.6 Å². The minimum atomic E-state index is -0.721. The SMILES string of the molecule is CC(=O)[NH+]([O-])C[C@@H]1CN(c2ccc(N3C[C@H]4CN(C(=O)C5CC5)C[C@H]4C3)c(F)c2)C(=O)O1. The third-order valence-corrected chi connectivity index (χ3v) is 6.99. The number of quaternary nitrogens is 1. The molecule has 0 aromatic heterocycles. The van der Waals surface area contributed by atoms with E-state index in [0.717, 1.165) is 25.9 Å². The normalized spacial score (nSPS) is 28.2. The Morgan fingerprint density at radius 1 is 1.16 bits per heavy atom. The van der Waals surface area contributed by atoms with Gasteiger partial charge in [0.1, 0.15) is 12.4 Å². The zero-order valence-corrected chi connectivity index (χ0v) is 18.0. The first-order chi connectivity index (χ1) is 15.3. The smallest absolute Gasteiger partial charge is 0.414 e. The molecule has 9 nitrogen and oxygen atoms in total. The van der Waals surface area contributed by atoms with E-state index in [4.69, 9.17) is 4.74 Å². The predicted octanol–water partition coefficient (Wildman–Crippen LogP) is 0.385. The van der Waals surface area contributed by atoms with Gasteiger partial charge in [0, 0.05) is 43.9 Å². The fraction of sp³-hybridized carbons (Fsp3) is 0.591. The maximum atomic E-state index is 15.0. The van der Waals surface area contributed by atoms with Gasteiger partial charge in [0.05, 0.1) is 24.8 Å². The summed E-state index contributed by atoms with van der Waals surface area (Å²) in [6.07, 6.45) is 0.634. The van der Waals surface area contributed by atoms with Crippen molar-refractivity contribution in [2.45, 2.75) is 25.9 Å². The fourth-order valence-electron chi connectivity index (χ4n) is 5.07. The van der Waals surface area contributed by atoms with Crippen molar-refractivity contribution in [1.29, 1.82) is 0 Å². The van der Waals surface area contributed by atoms with Crippen LogP contribution in [0, 0.1) is 28.8 Å². The summed E-state index contributed by atoms with van der Waals surface area (Å²) in [7, 11) is 0. The molecule has 0 bridgehead atoms. The van der Waals surface area contributed by atoms with Gasteiger partial charge in [0.15, 0.2) is 6.10 Å². The van der Waals surface area contributed by atoms with E-state index in [1.54, 1.807) is 12.1 Å². The molecule has 4 atom stereocenters. The molecule has 1 aliphatic carbocycles. The van der Waals surface area contributed by atoms with Crippen LogP contribution in [0.5, 0.6) is 0 Å². The number of hydroxylamine groups is 2. The molecule has 1 saturated carbocycles. The highest BCUT2D eigenvalue weighted by molar-refractivity contribution is 5.90. The summed E-state index contributed by atoms with van der Waals surface area (Å²) in [5, 5.41) is 11.0. The van der Waals surface area contributed by atoms with Crippen molar-refractivity contribution in [3.8, 4) is 0 Å². The first kappa shape index (κ1) is 21.1. The number of anilines is 2. The lowest BCUT2D eigenvalue weighted by atomic mass is 10.0. The van der Waals surface area contributed by atoms with Gasteiger partial charge in [-0.2, -0.15) is 0 Å². The molecule has 10 heteroatoms. The molecule has 1 aromatic carbocycles. The van der Waals surface area contributed by atoms with E-state index in [0.29, 0.717) is 36.3 Å². The number of fused-ring (bicyclic) bond motifs is 1. The minimum Gasteiger partial charge on any atom is -0.627 e. The van der Waals surface area contributed by atoms with Crippen molar-refractivity contribution >= 4 is 29.3 Å². The molecule has 3 aliphatic heterocycles. The molecular formula is C22H27FN4O5. The minimum absolute atomic E-state index is 0.0926. The molecule has 32 heavy (non-hydrogen) atoms. The standard InChI is InChI=1S/C22H27FN4O5/c1-13(28)27(31)12-18-11-26(22(30)32-18)17-4-5-20(19(23)6-17)24-7-15-9-25(10-16(15)8-24)21(29)14-2-3-14/h4-6,14-16,18,27H,2-3,7-12H2,1H3/t15-,16+,18-/m0/s1. The van der Waals surface area contributed by atoms with Crippen LogP contribution in [0.25, 0.3) is 0 Å². The monoisotopic (exact) mass is 446 g/mol. The molecule has 4 fully saturated rings. The van der Waals surface area contributed by atoms with Gasteiger partial charge >= 0.3 is 12.0 Å². The van der Waals surface area contributed by atoms with E-state index in [-0.39, 0.29) is 24.9 Å². The summed E-state index contributed by atoms with van der Waals surface area (Å²) in [5.74, 6) is 0.208. The third kappa shape index (κ3) is 3.93. The van der Waals surface area contributed by atoms with E-state index in [1.165, 1.54) is 17.9 Å². The Balaban J connectivity index is 1.22. The number of ether oxygens (including phenoxy) is 1. The van der Waals surface area contributed by atoms with Crippen molar-refractivity contribution in [2.24, 2.45) is 17.8 Å². The first-order valence-electron chi connectivity index (χ1n) is 11.2. The van der Waals surface area contributed by atoms with Crippen molar-refractivity contribution in [2.75, 3.05) is 49.1 Å². The Kier molecular flexibility index (Phi) is 5.29. The van der Waals surface area contributed by atoms with Crippen molar-refractivity contribution in [3.05, 3.63) is 29.2 Å². The lowest BCUT2D eigenvalue weighted by Crippen LogP contribution is -3.10. The molecule has 3 amide bonds. The highest BCUT2D eigenvalue weighted by Gasteiger charge is 2.45.